The number of morpholine rings is 1. The summed E-state index contributed by atoms with van der Waals surface area (Å²) in [5, 5.41) is 5.79. The molecule has 1 saturated heterocycles. The molecule has 1 atom stereocenters. The minimum Gasteiger partial charge on any atom is -0.463 e. The summed E-state index contributed by atoms with van der Waals surface area (Å²) in [6.45, 7) is 12.9. The Morgan fingerprint density at radius 3 is 2.61 bits per heavy atom. The van der Waals surface area contributed by atoms with Gasteiger partial charge in [0.2, 0.25) is 5.91 Å². The van der Waals surface area contributed by atoms with Gasteiger partial charge in [0, 0.05) is 31.9 Å². The molecule has 0 aromatic heterocycles. The molecule has 0 bridgehead atoms. The molecule has 0 unspecified atom stereocenters. The second-order valence-electron chi connectivity index (χ2n) is 9.42. The number of ether oxygens (including phenoxy) is 2. The van der Waals surface area contributed by atoms with Crippen LogP contribution >= 0.6 is 11.8 Å². The SMILES string of the molecule is CCOC(=O)C1=C(C)N=C2SC=C(CC(=O)NCCN3CCOCC3)N2[C@H]1c1ccc(C(C)C)cc1. The number of fused-ring (bicyclic) bond motifs is 1. The second-order valence-corrected chi connectivity index (χ2v) is 10.3. The number of allylic oxidation sites excluding steroid dienone is 1. The average molecular weight is 513 g/mol. The molecule has 36 heavy (non-hydrogen) atoms. The lowest BCUT2D eigenvalue weighted by molar-refractivity contribution is -0.139. The van der Waals surface area contributed by atoms with Gasteiger partial charge in [-0.05, 0) is 36.3 Å². The van der Waals surface area contributed by atoms with Gasteiger partial charge in [-0.25, -0.2) is 9.79 Å². The van der Waals surface area contributed by atoms with Crippen LogP contribution in [0.1, 0.15) is 57.2 Å². The molecule has 0 spiro atoms. The van der Waals surface area contributed by atoms with Crippen molar-refractivity contribution in [3.8, 4) is 0 Å². The number of thioether (sulfide) groups is 1. The van der Waals surface area contributed by atoms with E-state index >= 15 is 0 Å². The molecule has 3 aliphatic heterocycles. The average Bonchev–Trinajstić information content (AvgIpc) is 3.25. The van der Waals surface area contributed by atoms with Crippen LogP contribution in [0.15, 0.2) is 51.6 Å². The quantitative estimate of drug-likeness (QED) is 0.504. The zero-order valence-corrected chi connectivity index (χ0v) is 22.4. The minimum atomic E-state index is -0.403. The van der Waals surface area contributed by atoms with Crippen LogP contribution in [0.25, 0.3) is 0 Å². The van der Waals surface area contributed by atoms with Crippen LogP contribution in [0, 0.1) is 0 Å². The highest BCUT2D eigenvalue weighted by Crippen LogP contribution is 2.45. The number of amides is 1. The number of carbonyl (C=O) groups excluding carboxylic acids is 2. The van der Waals surface area contributed by atoms with Crippen LogP contribution in [-0.4, -0.2) is 72.8 Å². The second kappa shape index (κ2) is 12.1. The smallest absolute Gasteiger partial charge is 0.338 e. The van der Waals surface area contributed by atoms with E-state index < -0.39 is 6.04 Å². The van der Waals surface area contributed by atoms with Gasteiger partial charge in [0.1, 0.15) is 0 Å². The van der Waals surface area contributed by atoms with Crippen molar-refractivity contribution in [3.63, 3.8) is 0 Å². The first kappa shape index (κ1) is 26.4. The topological polar surface area (TPSA) is 83.5 Å². The van der Waals surface area contributed by atoms with Gasteiger partial charge in [0.25, 0.3) is 0 Å². The van der Waals surface area contributed by atoms with Crippen molar-refractivity contribution < 1.29 is 19.1 Å². The van der Waals surface area contributed by atoms with Gasteiger partial charge in [-0.15, -0.1) is 0 Å². The third-order valence-corrected chi connectivity index (χ3v) is 7.50. The number of hydrogen-bond donors (Lipinski definition) is 1. The predicted octanol–water partition coefficient (Wildman–Crippen LogP) is 3.79. The van der Waals surface area contributed by atoms with Gasteiger partial charge >= 0.3 is 5.97 Å². The summed E-state index contributed by atoms with van der Waals surface area (Å²) >= 11 is 1.49. The van der Waals surface area contributed by atoms with E-state index in [0.717, 1.165) is 49.3 Å². The summed E-state index contributed by atoms with van der Waals surface area (Å²) in [4.78, 5) is 35.0. The number of carbonyl (C=O) groups is 2. The fourth-order valence-corrected chi connectivity index (χ4v) is 5.59. The number of esters is 1. The van der Waals surface area contributed by atoms with Gasteiger partial charge in [0.15, 0.2) is 5.17 Å². The van der Waals surface area contributed by atoms with E-state index in [-0.39, 0.29) is 24.9 Å². The maximum Gasteiger partial charge on any atom is 0.338 e. The normalized spacial score (nSPS) is 20.2. The monoisotopic (exact) mass is 512 g/mol. The summed E-state index contributed by atoms with van der Waals surface area (Å²) < 4.78 is 10.8. The molecular weight excluding hydrogens is 476 g/mol. The standard InChI is InChI=1S/C27H36N4O4S/c1-5-35-26(33)24-19(4)29-27-31(25(24)21-8-6-20(7-9-21)18(2)3)22(17-36-27)16-23(32)28-10-11-30-12-14-34-15-13-30/h6-9,17-18,25H,5,10-16H2,1-4H3,(H,28,32)/t25-/m0/s1. The number of nitrogens with one attached hydrogen (secondary N) is 1. The molecule has 1 amide bonds. The zero-order valence-electron chi connectivity index (χ0n) is 21.6. The first-order valence-corrected chi connectivity index (χ1v) is 13.5. The Kier molecular flexibility index (Phi) is 8.87. The lowest BCUT2D eigenvalue weighted by atomic mass is 9.92. The van der Waals surface area contributed by atoms with Crippen LogP contribution in [-0.2, 0) is 19.1 Å². The van der Waals surface area contributed by atoms with Crippen LogP contribution in [0.3, 0.4) is 0 Å². The van der Waals surface area contributed by atoms with E-state index in [1.165, 1.54) is 17.3 Å². The van der Waals surface area contributed by atoms with Crippen molar-refractivity contribution in [2.75, 3.05) is 46.0 Å². The van der Waals surface area contributed by atoms with Gasteiger partial charge in [0.05, 0.1) is 43.6 Å². The van der Waals surface area contributed by atoms with Crippen molar-refractivity contribution in [2.24, 2.45) is 4.99 Å². The Hall–Kier alpha value is -2.62. The fourth-order valence-electron chi connectivity index (χ4n) is 4.62. The molecule has 0 saturated carbocycles. The predicted molar refractivity (Wildman–Crippen MR) is 142 cm³/mol. The summed E-state index contributed by atoms with van der Waals surface area (Å²) in [5.74, 6) is -0.0144. The molecule has 8 nitrogen and oxygen atoms in total. The van der Waals surface area contributed by atoms with E-state index in [9.17, 15) is 9.59 Å². The largest absolute Gasteiger partial charge is 0.463 e. The number of hydrogen-bond acceptors (Lipinski definition) is 8. The molecule has 9 heteroatoms. The molecular formula is C27H36N4O4S. The molecule has 3 heterocycles. The van der Waals surface area contributed by atoms with Crippen LogP contribution in [0.2, 0.25) is 0 Å². The molecule has 0 radical (unpaired) electrons. The lowest BCUT2D eigenvalue weighted by Crippen LogP contribution is -2.42. The van der Waals surface area contributed by atoms with E-state index in [4.69, 9.17) is 14.5 Å². The first-order valence-electron chi connectivity index (χ1n) is 12.7. The van der Waals surface area contributed by atoms with Gasteiger partial charge in [-0.3, -0.25) is 9.69 Å². The Labute approximate surface area is 217 Å². The molecule has 1 N–H and O–H groups in total. The van der Waals surface area contributed by atoms with Crippen molar-refractivity contribution in [1.82, 2.24) is 15.1 Å². The Balaban J connectivity index is 1.53. The van der Waals surface area contributed by atoms with Crippen LogP contribution < -0.4 is 5.32 Å². The zero-order chi connectivity index (χ0) is 25.7. The number of rotatable bonds is 9. The van der Waals surface area contributed by atoms with E-state index in [0.29, 0.717) is 23.7 Å². The molecule has 3 aliphatic rings. The van der Waals surface area contributed by atoms with Gasteiger partial charge < -0.3 is 19.7 Å². The summed E-state index contributed by atoms with van der Waals surface area (Å²) in [5.41, 5.74) is 4.19. The molecule has 1 aromatic carbocycles. The van der Waals surface area contributed by atoms with E-state index in [1.807, 2.05) is 17.2 Å². The molecule has 194 valence electrons. The Morgan fingerprint density at radius 1 is 1.22 bits per heavy atom. The van der Waals surface area contributed by atoms with Crippen molar-refractivity contribution in [1.29, 1.82) is 0 Å². The molecule has 1 aromatic rings. The van der Waals surface area contributed by atoms with Gasteiger partial charge in [-0.1, -0.05) is 49.9 Å². The third kappa shape index (κ3) is 6.02. The highest BCUT2D eigenvalue weighted by Gasteiger charge is 2.41. The fraction of sp³-hybridized carbons (Fsp3) is 0.519. The maximum absolute atomic E-state index is 13.1. The van der Waals surface area contributed by atoms with Crippen molar-refractivity contribution in [2.45, 2.75) is 46.1 Å². The summed E-state index contributed by atoms with van der Waals surface area (Å²) in [6, 6.07) is 7.94. The summed E-state index contributed by atoms with van der Waals surface area (Å²) in [6.07, 6.45) is 0.213. The van der Waals surface area contributed by atoms with Crippen molar-refractivity contribution in [3.05, 3.63) is 57.8 Å². The van der Waals surface area contributed by atoms with Gasteiger partial charge in [-0.2, -0.15) is 0 Å². The number of amidine groups is 1. The highest BCUT2D eigenvalue weighted by molar-refractivity contribution is 8.16. The molecule has 1 fully saturated rings. The minimum absolute atomic E-state index is 0.0470. The molecule has 0 aliphatic carbocycles. The maximum atomic E-state index is 13.1. The van der Waals surface area contributed by atoms with Crippen molar-refractivity contribution >= 4 is 28.8 Å². The van der Waals surface area contributed by atoms with Crippen LogP contribution in [0.5, 0.6) is 0 Å². The highest BCUT2D eigenvalue weighted by atomic mass is 32.2. The molecule has 4 rings (SSSR count). The van der Waals surface area contributed by atoms with Crippen LogP contribution in [0.4, 0.5) is 0 Å². The van der Waals surface area contributed by atoms with E-state index in [1.54, 1.807) is 6.92 Å². The van der Waals surface area contributed by atoms with E-state index in [2.05, 4.69) is 48.3 Å². The Bertz CT molecular complexity index is 1060. The first-order chi connectivity index (χ1) is 17.4. The number of aliphatic imine (C=N–C) groups is 1. The lowest BCUT2D eigenvalue weighted by Gasteiger charge is -2.36. The number of nitrogens with zero attached hydrogens (tertiary/aromatic N) is 3. The summed E-state index contributed by atoms with van der Waals surface area (Å²) in [7, 11) is 0. The Morgan fingerprint density at radius 2 is 1.94 bits per heavy atom. The number of benzene rings is 1. The third-order valence-electron chi connectivity index (χ3n) is 6.61.